The van der Waals surface area contributed by atoms with Gasteiger partial charge >= 0.3 is 0 Å². The van der Waals surface area contributed by atoms with E-state index < -0.39 is 0 Å². The molecule has 2 aromatic carbocycles. The van der Waals surface area contributed by atoms with E-state index in [0.717, 1.165) is 38.3 Å². The largest absolute Gasteiger partial charge is 0.496 e. The SMILES string of the molecule is COc1ccccc1CC(N)N1CCN(c2ccccc2)CC1. The van der Waals surface area contributed by atoms with E-state index in [0.29, 0.717) is 0 Å². The van der Waals surface area contributed by atoms with Gasteiger partial charge in [-0.05, 0) is 23.8 Å². The van der Waals surface area contributed by atoms with Gasteiger partial charge in [0.15, 0.2) is 0 Å². The number of nitrogens with zero attached hydrogens (tertiary/aromatic N) is 2. The molecule has 4 heteroatoms. The third kappa shape index (κ3) is 3.84. The number of piperazine rings is 1. The van der Waals surface area contributed by atoms with E-state index in [4.69, 9.17) is 10.5 Å². The molecule has 23 heavy (non-hydrogen) atoms. The normalized spacial score (nSPS) is 17.0. The lowest BCUT2D eigenvalue weighted by Gasteiger charge is -2.39. The van der Waals surface area contributed by atoms with Crippen LogP contribution in [0.2, 0.25) is 0 Å². The first kappa shape index (κ1) is 15.8. The molecule has 0 aliphatic carbocycles. The second-order valence-corrected chi connectivity index (χ2v) is 5.94. The smallest absolute Gasteiger partial charge is 0.122 e. The van der Waals surface area contributed by atoms with E-state index in [9.17, 15) is 0 Å². The summed E-state index contributed by atoms with van der Waals surface area (Å²) in [5.41, 5.74) is 8.91. The Morgan fingerprint density at radius 3 is 2.30 bits per heavy atom. The number of para-hydroxylation sites is 2. The monoisotopic (exact) mass is 311 g/mol. The van der Waals surface area contributed by atoms with Crippen molar-refractivity contribution in [2.75, 3.05) is 38.2 Å². The fraction of sp³-hybridized carbons (Fsp3) is 0.368. The summed E-state index contributed by atoms with van der Waals surface area (Å²) >= 11 is 0. The average molecular weight is 311 g/mol. The van der Waals surface area contributed by atoms with Crippen LogP contribution in [0.4, 0.5) is 5.69 Å². The quantitative estimate of drug-likeness (QED) is 0.920. The molecule has 1 fully saturated rings. The summed E-state index contributed by atoms with van der Waals surface area (Å²) in [6.45, 7) is 4.02. The molecule has 1 atom stereocenters. The summed E-state index contributed by atoms with van der Waals surface area (Å²) in [5, 5.41) is 0. The highest BCUT2D eigenvalue weighted by atomic mass is 16.5. The van der Waals surface area contributed by atoms with Crippen molar-refractivity contribution < 1.29 is 4.74 Å². The van der Waals surface area contributed by atoms with Crippen LogP contribution < -0.4 is 15.4 Å². The van der Waals surface area contributed by atoms with Crippen LogP contribution in [0.25, 0.3) is 0 Å². The van der Waals surface area contributed by atoms with Crippen LogP contribution in [0.3, 0.4) is 0 Å². The van der Waals surface area contributed by atoms with Gasteiger partial charge < -0.3 is 15.4 Å². The molecule has 1 saturated heterocycles. The zero-order chi connectivity index (χ0) is 16.1. The molecule has 0 saturated carbocycles. The summed E-state index contributed by atoms with van der Waals surface area (Å²) in [7, 11) is 1.71. The number of anilines is 1. The molecular weight excluding hydrogens is 286 g/mol. The first-order valence-corrected chi connectivity index (χ1v) is 8.19. The fourth-order valence-electron chi connectivity index (χ4n) is 3.18. The van der Waals surface area contributed by atoms with Gasteiger partial charge in [-0.3, -0.25) is 4.90 Å². The van der Waals surface area contributed by atoms with Crippen LogP contribution in [-0.4, -0.2) is 44.4 Å². The topological polar surface area (TPSA) is 41.7 Å². The summed E-state index contributed by atoms with van der Waals surface area (Å²) in [4.78, 5) is 4.79. The van der Waals surface area contributed by atoms with Gasteiger partial charge in [0.05, 0.1) is 13.3 Å². The minimum Gasteiger partial charge on any atom is -0.496 e. The van der Waals surface area contributed by atoms with Gasteiger partial charge in [0.25, 0.3) is 0 Å². The molecule has 0 amide bonds. The predicted molar refractivity (Wildman–Crippen MR) is 94.9 cm³/mol. The summed E-state index contributed by atoms with van der Waals surface area (Å²) in [5.74, 6) is 0.922. The maximum absolute atomic E-state index is 6.44. The molecule has 0 bridgehead atoms. The van der Waals surface area contributed by atoms with E-state index in [2.05, 4.69) is 46.2 Å². The number of ether oxygens (including phenoxy) is 1. The maximum Gasteiger partial charge on any atom is 0.122 e. The lowest BCUT2D eigenvalue weighted by atomic mass is 10.1. The molecule has 0 aromatic heterocycles. The highest BCUT2D eigenvalue weighted by Crippen LogP contribution is 2.21. The van der Waals surface area contributed by atoms with Gasteiger partial charge in [-0.1, -0.05) is 36.4 Å². The van der Waals surface area contributed by atoms with Crippen molar-refractivity contribution in [3.05, 3.63) is 60.2 Å². The van der Waals surface area contributed by atoms with Crippen molar-refractivity contribution in [3.63, 3.8) is 0 Å². The van der Waals surface area contributed by atoms with Crippen LogP contribution in [0.15, 0.2) is 54.6 Å². The molecule has 1 aliphatic rings. The second-order valence-electron chi connectivity index (χ2n) is 5.94. The number of methoxy groups -OCH3 is 1. The highest BCUT2D eigenvalue weighted by Gasteiger charge is 2.22. The van der Waals surface area contributed by atoms with E-state index in [1.165, 1.54) is 11.3 Å². The Kier molecular flexibility index (Phi) is 5.16. The number of nitrogens with two attached hydrogens (primary N) is 1. The Labute approximate surface area is 138 Å². The van der Waals surface area contributed by atoms with E-state index >= 15 is 0 Å². The summed E-state index contributed by atoms with van der Waals surface area (Å²) < 4.78 is 5.43. The first-order chi connectivity index (χ1) is 11.3. The molecule has 1 unspecified atom stereocenters. The number of benzene rings is 2. The summed E-state index contributed by atoms with van der Waals surface area (Å²) in [6.07, 6.45) is 0.847. The fourth-order valence-corrected chi connectivity index (χ4v) is 3.18. The number of hydrogen-bond acceptors (Lipinski definition) is 4. The molecule has 4 nitrogen and oxygen atoms in total. The van der Waals surface area contributed by atoms with Gasteiger partial charge in [0.1, 0.15) is 5.75 Å². The van der Waals surface area contributed by atoms with Gasteiger partial charge in [0, 0.05) is 38.3 Å². The molecule has 2 N–H and O–H groups in total. The van der Waals surface area contributed by atoms with Crippen LogP contribution in [0.5, 0.6) is 5.75 Å². The maximum atomic E-state index is 6.44. The minimum absolute atomic E-state index is 0.0317. The van der Waals surface area contributed by atoms with Crippen molar-refractivity contribution in [2.45, 2.75) is 12.6 Å². The van der Waals surface area contributed by atoms with E-state index in [-0.39, 0.29) is 6.17 Å². The van der Waals surface area contributed by atoms with Crippen molar-refractivity contribution in [3.8, 4) is 5.75 Å². The van der Waals surface area contributed by atoms with E-state index in [1.54, 1.807) is 7.11 Å². The number of rotatable bonds is 5. The molecule has 1 heterocycles. The van der Waals surface area contributed by atoms with Crippen LogP contribution in [0.1, 0.15) is 5.56 Å². The molecule has 2 aromatic rings. The average Bonchev–Trinajstić information content (AvgIpc) is 2.63. The Hall–Kier alpha value is -2.04. The second kappa shape index (κ2) is 7.49. The Balaban J connectivity index is 1.57. The zero-order valence-corrected chi connectivity index (χ0v) is 13.7. The van der Waals surface area contributed by atoms with Crippen molar-refractivity contribution in [1.82, 2.24) is 4.90 Å². The van der Waals surface area contributed by atoms with Crippen molar-refractivity contribution >= 4 is 5.69 Å². The van der Waals surface area contributed by atoms with Gasteiger partial charge in [-0.25, -0.2) is 0 Å². The lowest BCUT2D eigenvalue weighted by Crippen LogP contribution is -2.54. The van der Waals surface area contributed by atoms with Crippen molar-refractivity contribution in [2.24, 2.45) is 5.73 Å². The Morgan fingerprint density at radius 2 is 1.61 bits per heavy atom. The third-order valence-corrected chi connectivity index (χ3v) is 4.53. The number of hydrogen-bond donors (Lipinski definition) is 1. The lowest BCUT2D eigenvalue weighted by molar-refractivity contribution is 0.186. The van der Waals surface area contributed by atoms with Gasteiger partial charge in [-0.2, -0.15) is 0 Å². The molecule has 3 rings (SSSR count). The Morgan fingerprint density at radius 1 is 0.957 bits per heavy atom. The first-order valence-electron chi connectivity index (χ1n) is 8.19. The minimum atomic E-state index is 0.0317. The van der Waals surface area contributed by atoms with Crippen LogP contribution >= 0.6 is 0 Å². The summed E-state index contributed by atoms with van der Waals surface area (Å²) in [6, 6.07) is 18.7. The predicted octanol–water partition coefficient (Wildman–Crippen LogP) is 2.34. The third-order valence-electron chi connectivity index (χ3n) is 4.53. The van der Waals surface area contributed by atoms with Gasteiger partial charge in [0.2, 0.25) is 0 Å². The molecular formula is C19H25N3O. The molecule has 1 aliphatic heterocycles. The molecule has 122 valence electrons. The van der Waals surface area contributed by atoms with E-state index in [1.807, 2.05) is 18.2 Å². The molecule has 0 radical (unpaired) electrons. The van der Waals surface area contributed by atoms with Crippen molar-refractivity contribution in [1.29, 1.82) is 0 Å². The van der Waals surface area contributed by atoms with Crippen LogP contribution in [-0.2, 0) is 6.42 Å². The highest BCUT2D eigenvalue weighted by molar-refractivity contribution is 5.46. The Bertz CT molecular complexity index is 609. The standard InChI is InChI=1S/C19H25N3O/c1-23-18-10-6-5-7-16(18)15-19(20)22-13-11-21(12-14-22)17-8-3-2-4-9-17/h2-10,19H,11-15,20H2,1H3. The molecule has 0 spiro atoms. The van der Waals surface area contributed by atoms with Crippen LogP contribution in [0, 0.1) is 0 Å². The zero-order valence-electron chi connectivity index (χ0n) is 13.7. The van der Waals surface area contributed by atoms with Gasteiger partial charge in [-0.15, -0.1) is 0 Å².